The Hall–Kier alpha value is 0.0500. The van der Waals surface area contributed by atoms with Crippen molar-refractivity contribution in [3.05, 3.63) is 15.9 Å². The summed E-state index contributed by atoms with van der Waals surface area (Å²) in [5.74, 6) is 0. The molecule has 0 saturated heterocycles. The van der Waals surface area contributed by atoms with Crippen LogP contribution in [0.3, 0.4) is 0 Å². The van der Waals surface area contributed by atoms with E-state index in [0.717, 1.165) is 15.1 Å². The number of nitrogens with one attached hydrogen (secondary N) is 1. The normalized spacial score (nSPS) is 14.9. The van der Waals surface area contributed by atoms with Crippen LogP contribution in [0.15, 0.2) is 20.1 Å². The Morgan fingerprint density at radius 2 is 2.06 bits per heavy atom. The molecular formula is C10H16BrNO3S2. The number of aliphatic hydroxyl groups is 1. The van der Waals surface area contributed by atoms with E-state index in [0.29, 0.717) is 0 Å². The first kappa shape index (κ1) is 15.1. The smallest absolute Gasteiger partial charge is 0.250 e. The van der Waals surface area contributed by atoms with Crippen molar-refractivity contribution in [2.45, 2.75) is 31.0 Å². The van der Waals surface area contributed by atoms with E-state index in [9.17, 15) is 13.5 Å². The van der Waals surface area contributed by atoms with E-state index in [1.165, 1.54) is 6.07 Å². The Kier molecular flexibility index (Phi) is 4.76. The summed E-state index contributed by atoms with van der Waals surface area (Å²) in [5.41, 5.74) is -0.337. The van der Waals surface area contributed by atoms with Gasteiger partial charge in [-0.05, 0) is 33.5 Å². The van der Waals surface area contributed by atoms with Crippen LogP contribution in [0.2, 0.25) is 0 Å². The molecule has 0 amide bonds. The van der Waals surface area contributed by atoms with Crippen LogP contribution in [-0.4, -0.2) is 26.2 Å². The molecule has 0 spiro atoms. The van der Waals surface area contributed by atoms with E-state index < -0.39 is 16.1 Å². The highest BCUT2D eigenvalue weighted by Crippen LogP contribution is 2.27. The molecule has 4 nitrogen and oxygen atoms in total. The zero-order chi connectivity index (χ0) is 13.3. The first-order valence-corrected chi connectivity index (χ1v) is 8.14. The van der Waals surface area contributed by atoms with Crippen LogP contribution in [0.5, 0.6) is 0 Å². The highest BCUT2D eigenvalue weighted by atomic mass is 79.9. The standard InChI is InChI=1S/C10H16BrNO3S2/c1-10(2,3)7(6-13)12-17(14,15)9-5-4-8(11)16-9/h4-5,7,12-13H,6H2,1-3H3/t7-/m1/s1. The summed E-state index contributed by atoms with van der Waals surface area (Å²) < 4.78 is 27.6. The van der Waals surface area contributed by atoms with Gasteiger partial charge < -0.3 is 5.11 Å². The van der Waals surface area contributed by atoms with Gasteiger partial charge in [-0.15, -0.1) is 11.3 Å². The Labute approximate surface area is 114 Å². The Bertz CT molecular complexity index is 476. The third-order valence-electron chi connectivity index (χ3n) is 2.34. The summed E-state index contributed by atoms with van der Waals surface area (Å²) in [6, 6.07) is 2.71. The van der Waals surface area contributed by atoms with Crippen molar-refractivity contribution in [3.63, 3.8) is 0 Å². The molecule has 0 saturated carbocycles. The molecule has 1 heterocycles. The average molecular weight is 342 g/mol. The largest absolute Gasteiger partial charge is 0.395 e. The molecule has 1 rings (SSSR count). The molecule has 1 aromatic rings. The fraction of sp³-hybridized carbons (Fsp3) is 0.600. The molecule has 0 aliphatic heterocycles. The molecule has 0 fully saturated rings. The molecule has 7 heteroatoms. The van der Waals surface area contributed by atoms with Gasteiger partial charge in [0.05, 0.1) is 16.4 Å². The van der Waals surface area contributed by atoms with Gasteiger partial charge in [0, 0.05) is 0 Å². The first-order chi connectivity index (χ1) is 7.66. The lowest BCUT2D eigenvalue weighted by molar-refractivity contribution is 0.177. The van der Waals surface area contributed by atoms with Gasteiger partial charge in [-0.1, -0.05) is 20.8 Å². The van der Waals surface area contributed by atoms with Crippen LogP contribution < -0.4 is 4.72 Å². The van der Waals surface area contributed by atoms with Gasteiger partial charge >= 0.3 is 0 Å². The van der Waals surface area contributed by atoms with E-state index in [2.05, 4.69) is 20.7 Å². The van der Waals surface area contributed by atoms with E-state index in [1.807, 2.05) is 20.8 Å². The first-order valence-electron chi connectivity index (χ1n) is 5.05. The fourth-order valence-electron chi connectivity index (χ4n) is 1.18. The second kappa shape index (κ2) is 5.36. The molecule has 0 aliphatic rings. The van der Waals surface area contributed by atoms with Gasteiger partial charge in [0.15, 0.2) is 0 Å². The van der Waals surface area contributed by atoms with Crippen molar-refractivity contribution in [3.8, 4) is 0 Å². The van der Waals surface area contributed by atoms with Crippen molar-refractivity contribution < 1.29 is 13.5 Å². The molecule has 2 N–H and O–H groups in total. The van der Waals surface area contributed by atoms with Crippen LogP contribution in [0.25, 0.3) is 0 Å². The summed E-state index contributed by atoms with van der Waals surface area (Å²) in [7, 11) is -3.56. The molecule has 0 aromatic carbocycles. The molecular weight excluding hydrogens is 326 g/mol. The van der Waals surface area contributed by atoms with Gasteiger partial charge in [-0.25, -0.2) is 13.1 Å². The maximum atomic E-state index is 12.0. The topological polar surface area (TPSA) is 66.4 Å². The summed E-state index contributed by atoms with van der Waals surface area (Å²) in [6.07, 6.45) is 0. The molecule has 0 radical (unpaired) electrons. The van der Waals surface area contributed by atoms with E-state index in [-0.39, 0.29) is 16.2 Å². The maximum Gasteiger partial charge on any atom is 0.250 e. The zero-order valence-electron chi connectivity index (χ0n) is 9.90. The molecule has 98 valence electrons. The summed E-state index contributed by atoms with van der Waals surface area (Å²) in [6.45, 7) is 5.40. The predicted molar refractivity (Wildman–Crippen MR) is 72.7 cm³/mol. The summed E-state index contributed by atoms with van der Waals surface area (Å²) in [4.78, 5) is 0. The van der Waals surface area contributed by atoms with Crippen molar-refractivity contribution in [1.29, 1.82) is 0 Å². The maximum absolute atomic E-state index is 12.0. The predicted octanol–water partition coefficient (Wildman–Crippen LogP) is 2.20. The van der Waals surface area contributed by atoms with Crippen LogP contribution in [-0.2, 0) is 10.0 Å². The van der Waals surface area contributed by atoms with Crippen molar-refractivity contribution in [1.82, 2.24) is 4.72 Å². The second-order valence-corrected chi connectivity index (χ2v) is 9.18. The lowest BCUT2D eigenvalue weighted by Crippen LogP contribution is -2.45. The number of aliphatic hydroxyl groups excluding tert-OH is 1. The number of hydrogen-bond acceptors (Lipinski definition) is 4. The second-order valence-electron chi connectivity index (χ2n) is 4.78. The van der Waals surface area contributed by atoms with E-state index in [4.69, 9.17) is 0 Å². The number of thiophene rings is 1. The van der Waals surface area contributed by atoms with Crippen molar-refractivity contribution in [2.75, 3.05) is 6.61 Å². The monoisotopic (exact) mass is 341 g/mol. The SMILES string of the molecule is CC(C)(C)[C@@H](CO)NS(=O)(=O)c1ccc(Br)s1. The highest BCUT2D eigenvalue weighted by Gasteiger charge is 2.29. The van der Waals surface area contributed by atoms with Gasteiger partial charge in [0.25, 0.3) is 0 Å². The number of rotatable bonds is 4. The van der Waals surface area contributed by atoms with Gasteiger partial charge in [-0.2, -0.15) is 0 Å². The molecule has 17 heavy (non-hydrogen) atoms. The quantitative estimate of drug-likeness (QED) is 0.882. The van der Waals surface area contributed by atoms with Crippen molar-refractivity contribution >= 4 is 37.3 Å². The summed E-state index contributed by atoms with van der Waals surface area (Å²) >= 11 is 4.37. The summed E-state index contributed by atoms with van der Waals surface area (Å²) in [5, 5.41) is 9.24. The number of sulfonamides is 1. The van der Waals surface area contributed by atoms with E-state index >= 15 is 0 Å². The zero-order valence-corrected chi connectivity index (χ0v) is 13.1. The van der Waals surface area contributed by atoms with Crippen LogP contribution >= 0.6 is 27.3 Å². The van der Waals surface area contributed by atoms with Crippen molar-refractivity contribution in [2.24, 2.45) is 5.41 Å². The fourth-order valence-corrected chi connectivity index (χ4v) is 4.64. The Morgan fingerprint density at radius 3 is 2.41 bits per heavy atom. The lowest BCUT2D eigenvalue weighted by Gasteiger charge is -2.29. The molecule has 0 bridgehead atoms. The van der Waals surface area contributed by atoms with Gasteiger partial charge in [0.2, 0.25) is 10.0 Å². The minimum Gasteiger partial charge on any atom is -0.395 e. The van der Waals surface area contributed by atoms with E-state index in [1.54, 1.807) is 6.07 Å². The Morgan fingerprint density at radius 1 is 1.47 bits per heavy atom. The molecule has 0 aliphatic carbocycles. The van der Waals surface area contributed by atoms with Crippen LogP contribution in [0.1, 0.15) is 20.8 Å². The highest BCUT2D eigenvalue weighted by molar-refractivity contribution is 9.11. The third kappa shape index (κ3) is 4.03. The minimum absolute atomic E-state index is 0.227. The third-order valence-corrected chi connectivity index (χ3v) is 5.93. The Balaban J connectivity index is 2.94. The minimum atomic E-state index is -3.56. The molecule has 1 atom stereocenters. The van der Waals surface area contributed by atoms with Crippen LogP contribution in [0, 0.1) is 5.41 Å². The van der Waals surface area contributed by atoms with Gasteiger partial charge in [0.1, 0.15) is 4.21 Å². The lowest BCUT2D eigenvalue weighted by atomic mass is 9.88. The number of hydrogen-bond donors (Lipinski definition) is 2. The average Bonchev–Trinajstić information content (AvgIpc) is 2.60. The van der Waals surface area contributed by atoms with Crippen LogP contribution in [0.4, 0.5) is 0 Å². The molecule has 0 unspecified atom stereocenters. The van der Waals surface area contributed by atoms with Gasteiger partial charge in [-0.3, -0.25) is 0 Å². The number of halogens is 1. The molecule has 1 aromatic heterocycles.